The van der Waals surface area contributed by atoms with Crippen LogP contribution in [0.4, 0.5) is 10.5 Å². The Labute approximate surface area is 115 Å². The fourth-order valence-electron chi connectivity index (χ4n) is 1.68. The maximum Gasteiger partial charge on any atom is 0.409 e. The van der Waals surface area contributed by atoms with E-state index in [0.717, 1.165) is 0 Å². The smallest absolute Gasteiger partial charge is 0.409 e. The van der Waals surface area contributed by atoms with Crippen LogP contribution in [0.3, 0.4) is 0 Å². The zero-order chi connectivity index (χ0) is 14.7. The highest BCUT2D eigenvalue weighted by Gasteiger charge is 2.15. The lowest BCUT2D eigenvalue weighted by molar-refractivity contribution is 0.0909. The maximum absolute atomic E-state index is 11.7. The van der Waals surface area contributed by atoms with Gasteiger partial charge in [0, 0.05) is 12.1 Å². The number of aromatic nitrogens is 2. The van der Waals surface area contributed by atoms with E-state index in [-0.39, 0.29) is 11.7 Å². The number of hydrogen-bond acceptors (Lipinski definition) is 4. The van der Waals surface area contributed by atoms with Crippen molar-refractivity contribution >= 4 is 17.6 Å². The number of nitrogens with one attached hydrogen (secondary N) is 1. The number of amides is 1. The Morgan fingerprint density at radius 1 is 1.45 bits per heavy atom. The number of carbonyl (C=O) groups excluding carboxylic acids is 1. The molecule has 0 saturated heterocycles. The fraction of sp³-hybridized carbons (Fsp3) is 0.308. The molecule has 106 valence electrons. The number of rotatable bonds is 5. The molecule has 2 heterocycles. The molecule has 0 aliphatic rings. The second-order valence-electron chi connectivity index (χ2n) is 4.64. The van der Waals surface area contributed by atoms with Crippen molar-refractivity contribution in [3.05, 3.63) is 36.0 Å². The van der Waals surface area contributed by atoms with Crippen LogP contribution in [0.2, 0.25) is 0 Å². The average Bonchev–Trinajstić information content (AvgIpc) is 2.98. The first-order chi connectivity index (χ1) is 9.45. The molecule has 0 atom stereocenters. The van der Waals surface area contributed by atoms with Gasteiger partial charge in [-0.15, -0.1) is 0 Å². The van der Waals surface area contributed by atoms with Crippen LogP contribution in [0, 0.1) is 5.92 Å². The van der Waals surface area contributed by atoms with Crippen LogP contribution in [-0.4, -0.2) is 26.8 Å². The second kappa shape index (κ2) is 5.60. The van der Waals surface area contributed by atoms with Crippen molar-refractivity contribution in [2.24, 2.45) is 5.92 Å². The molecule has 2 N–H and O–H groups in total. The molecule has 1 amide bonds. The van der Waals surface area contributed by atoms with Gasteiger partial charge >= 0.3 is 6.09 Å². The first kappa shape index (κ1) is 13.9. The van der Waals surface area contributed by atoms with E-state index < -0.39 is 6.09 Å². The molecular formula is C13H15N3O4. The number of carboxylic acid groups (broad SMARTS) is 1. The number of Topliss-reactive ketones (excluding diaryl/α,β-unsaturated/α-hetero) is 1. The monoisotopic (exact) mass is 277 g/mol. The molecule has 0 radical (unpaired) electrons. The van der Waals surface area contributed by atoms with Crippen LogP contribution in [0.5, 0.6) is 0 Å². The van der Waals surface area contributed by atoms with Crippen molar-refractivity contribution in [1.29, 1.82) is 0 Å². The summed E-state index contributed by atoms with van der Waals surface area (Å²) in [6.07, 6.45) is 1.80. The van der Waals surface area contributed by atoms with Gasteiger partial charge in [-0.25, -0.2) is 4.79 Å². The highest BCUT2D eigenvalue weighted by atomic mass is 16.4. The molecule has 0 aliphatic heterocycles. The first-order valence-corrected chi connectivity index (χ1v) is 6.11. The Kier molecular flexibility index (Phi) is 3.88. The summed E-state index contributed by atoms with van der Waals surface area (Å²) in [7, 11) is 0. The fourth-order valence-corrected chi connectivity index (χ4v) is 1.68. The minimum atomic E-state index is -1.15. The van der Waals surface area contributed by atoms with E-state index in [1.165, 1.54) is 10.9 Å². The van der Waals surface area contributed by atoms with E-state index in [2.05, 4.69) is 10.4 Å². The molecule has 0 bridgehead atoms. The summed E-state index contributed by atoms with van der Waals surface area (Å²) in [5, 5.41) is 14.8. The molecule has 0 fully saturated rings. The van der Waals surface area contributed by atoms with Crippen molar-refractivity contribution in [2.75, 3.05) is 5.32 Å². The lowest BCUT2D eigenvalue weighted by atomic mass is 10.1. The standard InChI is InChI=1S/C13H15N3O4/c1-8(2)12(17)11-4-3-10(20-11)7-16-6-9(5-14-16)15-13(18)19/h3-6,8,15H,7H2,1-2H3,(H,18,19). The Bertz CT molecular complexity index is 627. The van der Waals surface area contributed by atoms with Crippen LogP contribution >= 0.6 is 0 Å². The molecule has 20 heavy (non-hydrogen) atoms. The van der Waals surface area contributed by atoms with Gasteiger partial charge in [-0.2, -0.15) is 5.10 Å². The molecule has 7 heteroatoms. The van der Waals surface area contributed by atoms with Gasteiger partial charge in [0.2, 0.25) is 5.78 Å². The highest BCUT2D eigenvalue weighted by Crippen LogP contribution is 2.14. The highest BCUT2D eigenvalue weighted by molar-refractivity contribution is 5.94. The van der Waals surface area contributed by atoms with Gasteiger partial charge in [0.15, 0.2) is 5.76 Å². The topological polar surface area (TPSA) is 97.4 Å². The molecule has 0 saturated carbocycles. The van der Waals surface area contributed by atoms with Gasteiger partial charge in [0.05, 0.1) is 18.4 Å². The van der Waals surface area contributed by atoms with Gasteiger partial charge < -0.3 is 9.52 Å². The van der Waals surface area contributed by atoms with E-state index in [4.69, 9.17) is 9.52 Å². The van der Waals surface area contributed by atoms with Crippen molar-refractivity contribution < 1.29 is 19.1 Å². The summed E-state index contributed by atoms with van der Waals surface area (Å²) in [4.78, 5) is 22.2. The number of hydrogen-bond donors (Lipinski definition) is 2. The van der Waals surface area contributed by atoms with E-state index in [0.29, 0.717) is 23.8 Å². The van der Waals surface area contributed by atoms with Crippen LogP contribution in [0.15, 0.2) is 28.9 Å². The third-order valence-electron chi connectivity index (χ3n) is 2.63. The minimum Gasteiger partial charge on any atom is -0.465 e. The van der Waals surface area contributed by atoms with Crippen LogP contribution in [0.1, 0.15) is 30.2 Å². The van der Waals surface area contributed by atoms with Gasteiger partial charge in [-0.1, -0.05) is 13.8 Å². The minimum absolute atomic E-state index is 0.0510. The summed E-state index contributed by atoms with van der Waals surface area (Å²) in [5.41, 5.74) is 0.377. The third-order valence-corrected chi connectivity index (χ3v) is 2.63. The summed E-state index contributed by atoms with van der Waals surface area (Å²) in [6, 6.07) is 3.35. The van der Waals surface area contributed by atoms with Crippen molar-refractivity contribution in [3.8, 4) is 0 Å². The van der Waals surface area contributed by atoms with Crippen LogP contribution in [-0.2, 0) is 6.54 Å². The number of ketones is 1. The predicted octanol–water partition coefficient (Wildman–Crippen LogP) is 2.45. The summed E-state index contributed by atoms with van der Waals surface area (Å²) in [6.45, 7) is 3.94. The Balaban J connectivity index is 2.05. The van der Waals surface area contributed by atoms with Gasteiger partial charge in [0.25, 0.3) is 0 Å². The van der Waals surface area contributed by atoms with Crippen molar-refractivity contribution in [1.82, 2.24) is 9.78 Å². The van der Waals surface area contributed by atoms with Gasteiger partial charge in [0.1, 0.15) is 5.76 Å². The van der Waals surface area contributed by atoms with Crippen molar-refractivity contribution in [2.45, 2.75) is 20.4 Å². The van der Waals surface area contributed by atoms with E-state index in [9.17, 15) is 9.59 Å². The summed E-state index contributed by atoms with van der Waals surface area (Å²) < 4.78 is 6.98. The van der Waals surface area contributed by atoms with E-state index >= 15 is 0 Å². The van der Waals surface area contributed by atoms with Crippen molar-refractivity contribution in [3.63, 3.8) is 0 Å². The summed E-state index contributed by atoms with van der Waals surface area (Å²) >= 11 is 0. The molecule has 7 nitrogen and oxygen atoms in total. The van der Waals surface area contributed by atoms with E-state index in [1.54, 1.807) is 18.3 Å². The lowest BCUT2D eigenvalue weighted by Gasteiger charge is -2.00. The Morgan fingerprint density at radius 2 is 2.20 bits per heavy atom. The normalized spacial score (nSPS) is 10.8. The maximum atomic E-state index is 11.7. The quantitative estimate of drug-likeness (QED) is 0.818. The lowest BCUT2D eigenvalue weighted by Crippen LogP contribution is -2.06. The second-order valence-corrected chi connectivity index (χ2v) is 4.64. The van der Waals surface area contributed by atoms with Gasteiger partial charge in [-0.05, 0) is 12.1 Å². The molecule has 2 aromatic rings. The number of anilines is 1. The molecule has 2 rings (SSSR count). The molecule has 0 aliphatic carbocycles. The number of nitrogens with zero attached hydrogens (tertiary/aromatic N) is 2. The molecular weight excluding hydrogens is 262 g/mol. The summed E-state index contributed by atoms with van der Waals surface area (Å²) in [5.74, 6) is 0.736. The Hall–Kier alpha value is -2.57. The van der Waals surface area contributed by atoms with Crippen LogP contribution in [0.25, 0.3) is 0 Å². The number of furan rings is 1. The van der Waals surface area contributed by atoms with Gasteiger partial charge in [-0.3, -0.25) is 14.8 Å². The number of carbonyl (C=O) groups is 2. The van der Waals surface area contributed by atoms with E-state index in [1.807, 2.05) is 13.8 Å². The average molecular weight is 277 g/mol. The predicted molar refractivity (Wildman–Crippen MR) is 70.9 cm³/mol. The molecule has 0 aromatic carbocycles. The van der Waals surface area contributed by atoms with Crippen LogP contribution < -0.4 is 5.32 Å². The molecule has 2 aromatic heterocycles. The SMILES string of the molecule is CC(C)C(=O)c1ccc(Cn2cc(NC(=O)O)cn2)o1. The third kappa shape index (κ3) is 3.25. The molecule has 0 unspecified atom stereocenters. The largest absolute Gasteiger partial charge is 0.465 e. The first-order valence-electron chi connectivity index (χ1n) is 6.11. The Morgan fingerprint density at radius 3 is 2.85 bits per heavy atom. The molecule has 0 spiro atoms. The zero-order valence-corrected chi connectivity index (χ0v) is 11.2. The zero-order valence-electron chi connectivity index (χ0n) is 11.2.